The molecule has 0 aliphatic carbocycles. The van der Waals surface area contributed by atoms with Gasteiger partial charge in [0.1, 0.15) is 6.04 Å². The van der Waals surface area contributed by atoms with Crippen LogP contribution in [-0.4, -0.2) is 40.3 Å². The second-order valence-electron chi connectivity index (χ2n) is 5.72. The van der Waals surface area contributed by atoms with Crippen LogP contribution in [0.25, 0.3) is 6.08 Å². The maximum absolute atomic E-state index is 12.4. The van der Waals surface area contributed by atoms with Crippen molar-refractivity contribution >= 4 is 17.9 Å². The summed E-state index contributed by atoms with van der Waals surface area (Å²) in [7, 11) is 0. The van der Waals surface area contributed by atoms with Crippen LogP contribution in [0.2, 0.25) is 0 Å². The third-order valence-corrected chi connectivity index (χ3v) is 3.95. The molecule has 2 atom stereocenters. The van der Waals surface area contributed by atoms with Crippen molar-refractivity contribution in [2.24, 2.45) is 0 Å². The second-order valence-corrected chi connectivity index (χ2v) is 5.72. The van der Waals surface area contributed by atoms with Crippen molar-refractivity contribution < 1.29 is 9.59 Å². The highest BCUT2D eigenvalue weighted by molar-refractivity contribution is 5.95. The van der Waals surface area contributed by atoms with E-state index >= 15 is 0 Å². The van der Waals surface area contributed by atoms with Crippen LogP contribution in [0, 0.1) is 0 Å². The molecule has 2 amide bonds. The molecule has 1 N–H and O–H groups in total. The van der Waals surface area contributed by atoms with E-state index in [4.69, 9.17) is 0 Å². The molecule has 2 rings (SSSR count). The minimum atomic E-state index is -0.504. The van der Waals surface area contributed by atoms with E-state index in [0.29, 0.717) is 0 Å². The van der Waals surface area contributed by atoms with Gasteiger partial charge in [0, 0.05) is 31.1 Å². The molecule has 1 saturated heterocycles. The Kier molecular flexibility index (Phi) is 5.69. The molecular weight excluding hydrogens is 278 g/mol. The van der Waals surface area contributed by atoms with Gasteiger partial charge in [0.25, 0.3) is 0 Å². The average Bonchev–Trinajstić information content (AvgIpc) is 2.53. The van der Waals surface area contributed by atoms with E-state index in [0.717, 1.165) is 24.9 Å². The number of nitrogens with zero attached hydrogens (tertiary/aromatic N) is 2. The van der Waals surface area contributed by atoms with Gasteiger partial charge in [-0.2, -0.15) is 0 Å². The fourth-order valence-corrected chi connectivity index (χ4v) is 2.64. The van der Waals surface area contributed by atoms with Crippen molar-refractivity contribution in [1.29, 1.82) is 0 Å². The monoisotopic (exact) mass is 301 g/mol. The van der Waals surface area contributed by atoms with Crippen LogP contribution in [0.1, 0.15) is 38.7 Å². The number of piperidine rings is 1. The quantitative estimate of drug-likeness (QED) is 0.865. The molecule has 0 radical (unpaired) electrons. The molecule has 0 saturated carbocycles. The Labute approximate surface area is 131 Å². The Balaban J connectivity index is 1.88. The lowest BCUT2D eigenvalue weighted by Gasteiger charge is -2.35. The summed E-state index contributed by atoms with van der Waals surface area (Å²) in [4.78, 5) is 30.1. The van der Waals surface area contributed by atoms with E-state index in [9.17, 15) is 9.59 Å². The van der Waals surface area contributed by atoms with Crippen molar-refractivity contribution in [3.63, 3.8) is 0 Å². The second kappa shape index (κ2) is 7.73. The molecular formula is C17H23N3O2. The van der Waals surface area contributed by atoms with Crippen LogP contribution in [-0.2, 0) is 9.59 Å². The van der Waals surface area contributed by atoms with Gasteiger partial charge in [0.15, 0.2) is 0 Å². The molecule has 0 bridgehead atoms. The zero-order valence-electron chi connectivity index (χ0n) is 13.2. The van der Waals surface area contributed by atoms with Crippen molar-refractivity contribution in [2.75, 3.05) is 6.54 Å². The Morgan fingerprint density at radius 2 is 2.09 bits per heavy atom. The molecule has 0 aromatic carbocycles. The van der Waals surface area contributed by atoms with E-state index in [1.807, 2.05) is 17.0 Å². The highest BCUT2D eigenvalue weighted by Gasteiger charge is 2.27. The van der Waals surface area contributed by atoms with Crippen LogP contribution >= 0.6 is 0 Å². The SMILES string of the molecule is C[C@H](NC(=O)/C=C\c1ccncc1)C(=O)N1CCCC[C@H]1C. The normalized spacial score (nSPS) is 19.9. The van der Waals surface area contributed by atoms with Gasteiger partial charge in [0.05, 0.1) is 0 Å². The molecule has 1 fully saturated rings. The predicted octanol–water partition coefficient (Wildman–Crippen LogP) is 2.00. The average molecular weight is 301 g/mol. The summed E-state index contributed by atoms with van der Waals surface area (Å²) in [6.45, 7) is 4.59. The Morgan fingerprint density at radius 3 is 2.77 bits per heavy atom. The standard InChI is InChI=1S/C17H23N3O2/c1-13-5-3-4-12-20(13)17(22)14(2)19-16(21)7-6-15-8-10-18-11-9-15/h6-11,13-14H,3-5,12H2,1-2H3,(H,19,21)/b7-6-/t13-,14+/m1/s1. The van der Waals surface area contributed by atoms with Crippen LogP contribution in [0.4, 0.5) is 0 Å². The van der Waals surface area contributed by atoms with Gasteiger partial charge >= 0.3 is 0 Å². The number of amides is 2. The van der Waals surface area contributed by atoms with Crippen LogP contribution in [0.15, 0.2) is 30.6 Å². The molecule has 1 aromatic heterocycles. The van der Waals surface area contributed by atoms with Crippen LogP contribution in [0.5, 0.6) is 0 Å². The zero-order valence-corrected chi connectivity index (χ0v) is 13.2. The summed E-state index contributed by atoms with van der Waals surface area (Å²) in [6, 6.07) is 3.38. The minimum absolute atomic E-state index is 0.00198. The highest BCUT2D eigenvalue weighted by atomic mass is 16.2. The summed E-state index contributed by atoms with van der Waals surface area (Å²) >= 11 is 0. The molecule has 22 heavy (non-hydrogen) atoms. The van der Waals surface area contributed by atoms with Gasteiger partial charge in [-0.3, -0.25) is 14.6 Å². The largest absolute Gasteiger partial charge is 0.341 e. The van der Waals surface area contributed by atoms with E-state index < -0.39 is 6.04 Å². The van der Waals surface area contributed by atoms with Crippen LogP contribution < -0.4 is 5.32 Å². The van der Waals surface area contributed by atoms with E-state index in [1.165, 1.54) is 12.5 Å². The number of pyridine rings is 1. The Bertz CT molecular complexity index is 542. The molecule has 0 unspecified atom stereocenters. The lowest BCUT2D eigenvalue weighted by Crippen LogP contribution is -2.51. The summed E-state index contributed by atoms with van der Waals surface area (Å²) in [5.41, 5.74) is 0.897. The first-order valence-corrected chi connectivity index (χ1v) is 7.77. The van der Waals surface area contributed by atoms with E-state index in [-0.39, 0.29) is 17.9 Å². The van der Waals surface area contributed by atoms with Gasteiger partial charge in [-0.05, 0) is 56.9 Å². The first-order chi connectivity index (χ1) is 10.6. The topological polar surface area (TPSA) is 62.3 Å². The maximum atomic E-state index is 12.4. The van der Waals surface area contributed by atoms with Gasteiger partial charge in [-0.25, -0.2) is 0 Å². The molecule has 1 aliphatic heterocycles. The van der Waals surface area contributed by atoms with Crippen molar-refractivity contribution in [1.82, 2.24) is 15.2 Å². The fraction of sp³-hybridized carbons (Fsp3) is 0.471. The fourth-order valence-electron chi connectivity index (χ4n) is 2.64. The lowest BCUT2D eigenvalue weighted by atomic mass is 10.0. The number of hydrogen-bond donors (Lipinski definition) is 1. The number of nitrogens with one attached hydrogen (secondary N) is 1. The van der Waals surface area contributed by atoms with Gasteiger partial charge in [-0.1, -0.05) is 0 Å². The molecule has 1 aliphatic rings. The maximum Gasteiger partial charge on any atom is 0.245 e. The molecule has 0 spiro atoms. The molecule has 5 heteroatoms. The van der Waals surface area contributed by atoms with Crippen molar-refractivity contribution in [2.45, 2.75) is 45.2 Å². The van der Waals surface area contributed by atoms with E-state index in [2.05, 4.69) is 17.2 Å². The third kappa shape index (κ3) is 4.41. The number of carbonyl (C=O) groups excluding carboxylic acids is 2. The van der Waals surface area contributed by atoms with Gasteiger partial charge in [-0.15, -0.1) is 0 Å². The van der Waals surface area contributed by atoms with Crippen molar-refractivity contribution in [3.05, 3.63) is 36.2 Å². The third-order valence-electron chi connectivity index (χ3n) is 3.95. The summed E-state index contributed by atoms with van der Waals surface area (Å²) < 4.78 is 0. The minimum Gasteiger partial charge on any atom is -0.341 e. The molecule has 5 nitrogen and oxygen atoms in total. The molecule has 118 valence electrons. The molecule has 1 aromatic rings. The number of aromatic nitrogens is 1. The van der Waals surface area contributed by atoms with Crippen molar-refractivity contribution in [3.8, 4) is 0 Å². The number of carbonyl (C=O) groups is 2. The Morgan fingerprint density at radius 1 is 1.36 bits per heavy atom. The Hall–Kier alpha value is -2.17. The first kappa shape index (κ1) is 16.2. The predicted molar refractivity (Wildman–Crippen MR) is 85.9 cm³/mol. The summed E-state index contributed by atoms with van der Waals surface area (Å²) in [5.74, 6) is -0.264. The first-order valence-electron chi connectivity index (χ1n) is 7.77. The lowest BCUT2D eigenvalue weighted by molar-refractivity contribution is -0.138. The van der Waals surface area contributed by atoms with Gasteiger partial charge < -0.3 is 10.2 Å². The van der Waals surface area contributed by atoms with Gasteiger partial charge in [0.2, 0.25) is 11.8 Å². The van der Waals surface area contributed by atoms with E-state index in [1.54, 1.807) is 25.4 Å². The number of hydrogen-bond acceptors (Lipinski definition) is 3. The number of rotatable bonds is 4. The zero-order chi connectivity index (χ0) is 15.9. The number of likely N-dealkylation sites (tertiary alicyclic amines) is 1. The summed E-state index contributed by atoms with van der Waals surface area (Å²) in [5, 5.41) is 2.74. The smallest absolute Gasteiger partial charge is 0.245 e. The highest BCUT2D eigenvalue weighted by Crippen LogP contribution is 2.17. The summed E-state index contributed by atoms with van der Waals surface area (Å²) in [6.07, 6.45) is 9.73. The van der Waals surface area contributed by atoms with Crippen LogP contribution in [0.3, 0.4) is 0 Å². The molecule has 2 heterocycles.